The fourth-order valence-corrected chi connectivity index (χ4v) is 5.50. The van der Waals surface area contributed by atoms with Gasteiger partial charge in [-0.1, -0.05) is 0 Å². The third-order valence-electron chi connectivity index (χ3n) is 7.19. The number of ketones is 1. The van der Waals surface area contributed by atoms with Crippen molar-refractivity contribution in [1.82, 2.24) is 25.3 Å². The number of nitrogens with one attached hydrogen (secondary N) is 2. The van der Waals surface area contributed by atoms with E-state index in [9.17, 15) is 14.4 Å². The van der Waals surface area contributed by atoms with Gasteiger partial charge in [0.05, 0.1) is 11.1 Å². The zero-order chi connectivity index (χ0) is 23.5. The Bertz CT molecular complexity index is 1200. The van der Waals surface area contributed by atoms with E-state index < -0.39 is 5.91 Å². The lowest BCUT2D eigenvalue weighted by atomic mass is 9.67. The van der Waals surface area contributed by atoms with Crippen LogP contribution in [0.15, 0.2) is 29.7 Å². The molecule has 1 fully saturated rings. The van der Waals surface area contributed by atoms with Crippen LogP contribution in [0.25, 0.3) is 11.0 Å². The van der Waals surface area contributed by atoms with Gasteiger partial charge >= 0.3 is 0 Å². The number of hydrogen-bond acceptors (Lipinski definition) is 6. The van der Waals surface area contributed by atoms with Gasteiger partial charge in [0.15, 0.2) is 5.78 Å². The van der Waals surface area contributed by atoms with Gasteiger partial charge < -0.3 is 16.0 Å². The Morgan fingerprint density at radius 3 is 2.58 bits per heavy atom. The number of rotatable bonds is 2. The summed E-state index contributed by atoms with van der Waals surface area (Å²) in [5, 5.41) is 7.43. The maximum atomic E-state index is 13.8. The monoisotopic (exact) mass is 450 g/mol. The average Bonchev–Trinajstić information content (AvgIpc) is 3.35. The normalized spacial score (nSPS) is 21.2. The molecule has 0 unspecified atom stereocenters. The third-order valence-corrected chi connectivity index (χ3v) is 7.19. The Morgan fingerprint density at radius 1 is 1.18 bits per heavy atom. The van der Waals surface area contributed by atoms with E-state index in [0.717, 1.165) is 37.9 Å². The Morgan fingerprint density at radius 2 is 1.91 bits per heavy atom. The molecule has 0 saturated carbocycles. The van der Waals surface area contributed by atoms with Crippen LogP contribution in [0.2, 0.25) is 0 Å². The summed E-state index contributed by atoms with van der Waals surface area (Å²) in [5.41, 5.74) is 7.73. The number of nitrogens with two attached hydrogens (primary N) is 1. The number of allylic oxidation sites excluding steroid dienone is 1. The standard InChI is InChI=1S/C24H30N6O3/c1-23(2,3)29-13-15-9-24(4-6-26-7-5-24)10-18(31)19(15)30(29)22(33)14-8-16-17(20(25)32)12-28-21(16)27-11-14/h8,11-12,26H,4-7,9-10,13H2,1-3H3,(H2,25,32)(H,27,28). The molecule has 33 heavy (non-hydrogen) atoms. The van der Waals surface area contributed by atoms with Gasteiger partial charge in [0.2, 0.25) is 0 Å². The molecule has 2 aliphatic heterocycles. The quantitative estimate of drug-likeness (QED) is 0.644. The van der Waals surface area contributed by atoms with Crippen molar-refractivity contribution in [2.75, 3.05) is 19.6 Å². The second kappa shape index (κ2) is 7.50. The molecule has 2 amide bonds. The highest BCUT2D eigenvalue weighted by atomic mass is 16.2. The maximum Gasteiger partial charge on any atom is 0.274 e. The van der Waals surface area contributed by atoms with E-state index in [-0.39, 0.29) is 28.2 Å². The van der Waals surface area contributed by atoms with Crippen LogP contribution in [-0.4, -0.2) is 62.8 Å². The highest BCUT2D eigenvalue weighted by Gasteiger charge is 2.49. The number of pyridine rings is 1. The number of nitrogens with zero attached hydrogens (tertiary/aromatic N) is 3. The van der Waals surface area contributed by atoms with E-state index in [1.807, 2.05) is 25.8 Å². The van der Waals surface area contributed by atoms with Crippen molar-refractivity contribution in [3.8, 4) is 0 Å². The van der Waals surface area contributed by atoms with Gasteiger partial charge in [0.1, 0.15) is 11.3 Å². The number of Topliss-reactive ketones (excluding diaryl/α,β-unsaturated/α-hetero) is 1. The number of aromatic amines is 1. The Hall–Kier alpha value is -3.04. The van der Waals surface area contributed by atoms with E-state index in [1.165, 1.54) is 12.4 Å². The molecule has 0 aromatic carbocycles. The second-order valence-electron chi connectivity index (χ2n) is 10.5. The fraction of sp³-hybridized carbons (Fsp3) is 0.500. The summed E-state index contributed by atoms with van der Waals surface area (Å²) < 4.78 is 0. The maximum absolute atomic E-state index is 13.8. The topological polar surface area (TPSA) is 124 Å². The third kappa shape index (κ3) is 3.55. The van der Waals surface area contributed by atoms with E-state index >= 15 is 0 Å². The molecule has 174 valence electrons. The van der Waals surface area contributed by atoms with Crippen molar-refractivity contribution in [2.45, 2.75) is 52.0 Å². The van der Waals surface area contributed by atoms with Crippen LogP contribution in [0.4, 0.5) is 0 Å². The lowest BCUT2D eigenvalue weighted by Gasteiger charge is -2.41. The summed E-state index contributed by atoms with van der Waals surface area (Å²) in [6, 6.07) is 1.63. The molecular formula is C24H30N6O3. The van der Waals surface area contributed by atoms with Crippen LogP contribution in [0, 0.1) is 5.41 Å². The summed E-state index contributed by atoms with van der Waals surface area (Å²) in [5.74, 6) is -0.882. The molecule has 9 nitrogen and oxygen atoms in total. The van der Waals surface area contributed by atoms with Crippen LogP contribution in [0.3, 0.4) is 0 Å². The Balaban J connectivity index is 1.56. The molecule has 4 N–H and O–H groups in total. The lowest BCUT2D eigenvalue weighted by molar-refractivity contribution is -0.122. The van der Waals surface area contributed by atoms with Crippen molar-refractivity contribution >= 4 is 28.6 Å². The van der Waals surface area contributed by atoms with E-state index in [1.54, 1.807) is 11.1 Å². The van der Waals surface area contributed by atoms with Gasteiger partial charge in [0.25, 0.3) is 11.8 Å². The van der Waals surface area contributed by atoms with Crippen LogP contribution >= 0.6 is 0 Å². The van der Waals surface area contributed by atoms with Gasteiger partial charge in [-0.2, -0.15) is 0 Å². The first-order valence-corrected chi connectivity index (χ1v) is 11.4. The molecule has 4 heterocycles. The molecule has 1 saturated heterocycles. The van der Waals surface area contributed by atoms with Gasteiger partial charge in [-0.3, -0.25) is 14.4 Å². The summed E-state index contributed by atoms with van der Waals surface area (Å²) in [6.07, 6.45) is 6.23. The number of fused-ring (bicyclic) bond motifs is 1. The van der Waals surface area contributed by atoms with Gasteiger partial charge in [-0.25, -0.2) is 15.0 Å². The van der Waals surface area contributed by atoms with Crippen molar-refractivity contribution < 1.29 is 14.4 Å². The van der Waals surface area contributed by atoms with Crippen molar-refractivity contribution in [3.63, 3.8) is 0 Å². The number of carbonyl (C=O) groups is 3. The number of hydrazine groups is 1. The largest absolute Gasteiger partial charge is 0.366 e. The average molecular weight is 451 g/mol. The lowest BCUT2D eigenvalue weighted by Crippen LogP contribution is -2.52. The molecule has 0 radical (unpaired) electrons. The zero-order valence-corrected chi connectivity index (χ0v) is 19.3. The second-order valence-corrected chi connectivity index (χ2v) is 10.5. The van der Waals surface area contributed by atoms with Gasteiger partial charge in [-0.15, -0.1) is 0 Å². The van der Waals surface area contributed by atoms with Gasteiger partial charge in [-0.05, 0) is 70.2 Å². The summed E-state index contributed by atoms with van der Waals surface area (Å²) in [4.78, 5) is 46.4. The minimum atomic E-state index is -0.593. The molecular weight excluding hydrogens is 420 g/mol. The number of primary amides is 1. The van der Waals surface area contributed by atoms with Crippen LogP contribution in [0.1, 0.15) is 67.2 Å². The SMILES string of the molecule is CC(C)(C)N1CC2=C(C(=O)CC3(CCNCC3)C2)N1C(=O)c1cnc2[nH]cc(C(N)=O)c2c1. The Labute approximate surface area is 192 Å². The Kier molecular flexibility index (Phi) is 4.95. The van der Waals surface area contributed by atoms with Crippen LogP contribution in [0.5, 0.6) is 0 Å². The molecule has 0 atom stereocenters. The minimum Gasteiger partial charge on any atom is -0.366 e. The molecule has 3 aliphatic rings. The number of H-pyrrole nitrogens is 1. The first kappa shape index (κ1) is 21.8. The molecule has 1 aliphatic carbocycles. The van der Waals surface area contributed by atoms with Crippen molar-refractivity contribution in [1.29, 1.82) is 0 Å². The first-order chi connectivity index (χ1) is 15.6. The highest BCUT2D eigenvalue weighted by Crippen LogP contribution is 2.48. The zero-order valence-electron chi connectivity index (χ0n) is 19.3. The van der Waals surface area contributed by atoms with Crippen molar-refractivity contribution in [2.24, 2.45) is 11.1 Å². The number of piperidine rings is 1. The predicted octanol–water partition coefficient (Wildman–Crippen LogP) is 2.12. The number of amides is 2. The summed E-state index contributed by atoms with van der Waals surface area (Å²) >= 11 is 0. The highest BCUT2D eigenvalue weighted by molar-refractivity contribution is 6.09. The fourth-order valence-electron chi connectivity index (χ4n) is 5.50. The predicted molar refractivity (Wildman–Crippen MR) is 123 cm³/mol. The van der Waals surface area contributed by atoms with E-state index in [0.29, 0.717) is 35.3 Å². The van der Waals surface area contributed by atoms with E-state index in [2.05, 4.69) is 15.3 Å². The number of aromatic nitrogens is 2. The summed E-state index contributed by atoms with van der Waals surface area (Å²) in [7, 11) is 0. The molecule has 0 bridgehead atoms. The van der Waals surface area contributed by atoms with Crippen LogP contribution < -0.4 is 11.1 Å². The first-order valence-electron chi connectivity index (χ1n) is 11.4. The number of hydrogen-bond donors (Lipinski definition) is 3. The molecule has 2 aromatic heterocycles. The van der Waals surface area contributed by atoms with Gasteiger partial charge in [0, 0.05) is 36.3 Å². The number of carbonyl (C=O) groups excluding carboxylic acids is 3. The minimum absolute atomic E-state index is 0.00818. The molecule has 2 aromatic rings. The summed E-state index contributed by atoms with van der Waals surface area (Å²) in [6.45, 7) is 8.51. The molecule has 9 heteroatoms. The molecule has 5 rings (SSSR count). The van der Waals surface area contributed by atoms with Crippen molar-refractivity contribution in [3.05, 3.63) is 40.9 Å². The molecule has 1 spiro atoms. The van der Waals surface area contributed by atoms with Crippen LogP contribution in [-0.2, 0) is 4.79 Å². The van der Waals surface area contributed by atoms with E-state index in [4.69, 9.17) is 5.73 Å². The smallest absolute Gasteiger partial charge is 0.274 e.